The number of carbonyl (C=O) groups excluding carboxylic acids is 1. The van der Waals surface area contributed by atoms with Gasteiger partial charge in [0.15, 0.2) is 0 Å². The summed E-state index contributed by atoms with van der Waals surface area (Å²) in [5.41, 5.74) is 1.28. The summed E-state index contributed by atoms with van der Waals surface area (Å²) < 4.78 is 0. The molecule has 15 heavy (non-hydrogen) atoms. The fourth-order valence-electron chi connectivity index (χ4n) is 1.27. The summed E-state index contributed by atoms with van der Waals surface area (Å²) in [7, 11) is 0. The van der Waals surface area contributed by atoms with Gasteiger partial charge in [0.25, 0.3) is 0 Å². The third-order valence-electron chi connectivity index (χ3n) is 2.29. The lowest BCUT2D eigenvalue weighted by Gasteiger charge is -2.00. The van der Waals surface area contributed by atoms with Crippen LogP contribution in [0.15, 0.2) is 24.3 Å². The van der Waals surface area contributed by atoms with Gasteiger partial charge in [-0.25, -0.2) is 4.79 Å². The fourth-order valence-corrected chi connectivity index (χ4v) is 1.27. The first-order chi connectivity index (χ1) is 7.13. The summed E-state index contributed by atoms with van der Waals surface area (Å²) in [5, 5.41) is 8.68. The quantitative estimate of drug-likeness (QED) is 0.804. The van der Waals surface area contributed by atoms with Gasteiger partial charge in [-0.3, -0.25) is 4.79 Å². The molecule has 0 radical (unpaired) electrons. The molecule has 0 atom stereocenters. The Morgan fingerprint density at radius 3 is 2.27 bits per heavy atom. The van der Waals surface area contributed by atoms with Crippen molar-refractivity contribution in [3.8, 4) is 0 Å². The molecule has 0 aliphatic carbocycles. The van der Waals surface area contributed by atoms with Crippen molar-refractivity contribution in [2.45, 2.75) is 26.2 Å². The van der Waals surface area contributed by atoms with E-state index in [0.717, 1.165) is 5.56 Å². The molecule has 0 saturated carbocycles. The largest absolute Gasteiger partial charge is 0.478 e. The lowest BCUT2D eigenvalue weighted by molar-refractivity contribution is -0.118. The molecule has 0 unspecified atom stereocenters. The first-order valence-electron chi connectivity index (χ1n) is 4.97. The van der Waals surface area contributed by atoms with Crippen molar-refractivity contribution >= 4 is 11.8 Å². The standard InChI is InChI=1S/C12H14O3/c1-2-11(13)8-5-9-3-6-10(7-4-9)12(14)15/h3-4,6-7H,2,5,8H2,1H3,(H,14,15). The maximum atomic E-state index is 11.1. The fraction of sp³-hybridized carbons (Fsp3) is 0.333. The average molecular weight is 206 g/mol. The Bertz CT molecular complexity index is 352. The molecule has 1 aromatic rings. The van der Waals surface area contributed by atoms with E-state index in [4.69, 9.17) is 5.11 Å². The first kappa shape index (κ1) is 11.4. The summed E-state index contributed by atoms with van der Waals surface area (Å²) in [5.74, 6) is -0.691. The summed E-state index contributed by atoms with van der Waals surface area (Å²) in [6.45, 7) is 1.84. The highest BCUT2D eigenvalue weighted by Gasteiger charge is 2.03. The van der Waals surface area contributed by atoms with Crippen LogP contribution in [0.4, 0.5) is 0 Å². The van der Waals surface area contributed by atoms with Gasteiger partial charge >= 0.3 is 5.97 Å². The monoisotopic (exact) mass is 206 g/mol. The van der Waals surface area contributed by atoms with Gasteiger partial charge in [-0.15, -0.1) is 0 Å². The van der Waals surface area contributed by atoms with Gasteiger partial charge in [-0.05, 0) is 24.1 Å². The van der Waals surface area contributed by atoms with Crippen molar-refractivity contribution < 1.29 is 14.7 Å². The second-order valence-electron chi connectivity index (χ2n) is 3.39. The Kier molecular flexibility index (Phi) is 4.03. The normalized spacial score (nSPS) is 9.93. The molecular formula is C12H14O3. The topological polar surface area (TPSA) is 54.4 Å². The van der Waals surface area contributed by atoms with Crippen molar-refractivity contribution in [2.24, 2.45) is 0 Å². The van der Waals surface area contributed by atoms with Gasteiger partial charge in [0.05, 0.1) is 5.56 Å². The van der Waals surface area contributed by atoms with Crippen molar-refractivity contribution in [2.75, 3.05) is 0 Å². The number of ketones is 1. The molecular weight excluding hydrogens is 192 g/mol. The highest BCUT2D eigenvalue weighted by molar-refractivity contribution is 5.87. The van der Waals surface area contributed by atoms with E-state index in [1.165, 1.54) is 0 Å². The average Bonchev–Trinajstić information content (AvgIpc) is 2.26. The van der Waals surface area contributed by atoms with E-state index < -0.39 is 5.97 Å². The van der Waals surface area contributed by atoms with E-state index in [9.17, 15) is 9.59 Å². The van der Waals surface area contributed by atoms with Crippen molar-refractivity contribution in [3.05, 3.63) is 35.4 Å². The smallest absolute Gasteiger partial charge is 0.335 e. The minimum absolute atomic E-state index is 0.234. The van der Waals surface area contributed by atoms with Crippen LogP contribution >= 0.6 is 0 Å². The predicted molar refractivity (Wildman–Crippen MR) is 57.0 cm³/mol. The van der Waals surface area contributed by atoms with Crippen LogP contribution in [0.25, 0.3) is 0 Å². The van der Waals surface area contributed by atoms with Gasteiger partial charge in [-0.1, -0.05) is 19.1 Å². The van der Waals surface area contributed by atoms with E-state index in [2.05, 4.69) is 0 Å². The molecule has 1 N–H and O–H groups in total. The Hall–Kier alpha value is -1.64. The summed E-state index contributed by atoms with van der Waals surface area (Å²) in [6, 6.07) is 6.64. The van der Waals surface area contributed by atoms with Crippen molar-refractivity contribution in [1.82, 2.24) is 0 Å². The summed E-state index contributed by atoms with van der Waals surface area (Å²) >= 11 is 0. The molecule has 0 aliphatic heterocycles. The second kappa shape index (κ2) is 5.29. The number of benzene rings is 1. The molecule has 80 valence electrons. The lowest BCUT2D eigenvalue weighted by atomic mass is 10.0. The first-order valence-corrected chi connectivity index (χ1v) is 4.97. The van der Waals surface area contributed by atoms with Crippen LogP contribution in [0.2, 0.25) is 0 Å². The number of aryl methyl sites for hydroxylation is 1. The molecule has 0 amide bonds. The molecule has 0 aliphatic rings. The van der Waals surface area contributed by atoms with Crippen LogP contribution in [0.3, 0.4) is 0 Å². The van der Waals surface area contributed by atoms with Gasteiger partial charge in [0.2, 0.25) is 0 Å². The number of hydrogen-bond donors (Lipinski definition) is 1. The van der Waals surface area contributed by atoms with Crippen molar-refractivity contribution in [1.29, 1.82) is 0 Å². The van der Waals surface area contributed by atoms with Crippen LogP contribution in [-0.2, 0) is 11.2 Å². The van der Waals surface area contributed by atoms with Crippen LogP contribution in [0.1, 0.15) is 35.7 Å². The lowest BCUT2D eigenvalue weighted by Crippen LogP contribution is -1.99. The number of carboxylic acid groups (broad SMARTS) is 1. The Labute approximate surface area is 88.7 Å². The molecule has 0 aromatic heterocycles. The zero-order valence-corrected chi connectivity index (χ0v) is 8.69. The minimum atomic E-state index is -0.925. The maximum absolute atomic E-state index is 11.1. The molecule has 0 fully saturated rings. The van der Waals surface area contributed by atoms with E-state index in [1.807, 2.05) is 6.92 Å². The van der Waals surface area contributed by atoms with E-state index in [-0.39, 0.29) is 11.3 Å². The third-order valence-corrected chi connectivity index (χ3v) is 2.29. The third kappa shape index (κ3) is 3.54. The van der Waals surface area contributed by atoms with Gasteiger partial charge < -0.3 is 5.11 Å². The zero-order chi connectivity index (χ0) is 11.3. The highest BCUT2D eigenvalue weighted by atomic mass is 16.4. The molecule has 1 rings (SSSR count). The number of hydrogen-bond acceptors (Lipinski definition) is 2. The van der Waals surface area contributed by atoms with Crippen LogP contribution < -0.4 is 0 Å². The maximum Gasteiger partial charge on any atom is 0.335 e. The van der Waals surface area contributed by atoms with Crippen LogP contribution in [0, 0.1) is 0 Å². The molecule has 0 saturated heterocycles. The number of carboxylic acids is 1. The van der Waals surface area contributed by atoms with E-state index in [1.54, 1.807) is 24.3 Å². The van der Waals surface area contributed by atoms with Crippen LogP contribution in [0.5, 0.6) is 0 Å². The zero-order valence-electron chi connectivity index (χ0n) is 8.69. The van der Waals surface area contributed by atoms with Gasteiger partial charge in [-0.2, -0.15) is 0 Å². The molecule has 1 aromatic carbocycles. The van der Waals surface area contributed by atoms with Gasteiger partial charge in [0, 0.05) is 12.8 Å². The number of rotatable bonds is 5. The Morgan fingerprint density at radius 2 is 1.80 bits per heavy atom. The number of aromatic carboxylic acids is 1. The Morgan fingerprint density at radius 1 is 1.20 bits per heavy atom. The number of Topliss-reactive ketones (excluding diaryl/α,β-unsaturated/α-hetero) is 1. The van der Waals surface area contributed by atoms with Crippen LogP contribution in [-0.4, -0.2) is 16.9 Å². The SMILES string of the molecule is CCC(=O)CCc1ccc(C(=O)O)cc1. The summed E-state index contributed by atoms with van der Waals surface area (Å²) in [4.78, 5) is 21.6. The predicted octanol–water partition coefficient (Wildman–Crippen LogP) is 2.30. The Balaban J connectivity index is 2.57. The molecule has 0 bridgehead atoms. The molecule has 3 nitrogen and oxygen atoms in total. The second-order valence-corrected chi connectivity index (χ2v) is 3.39. The minimum Gasteiger partial charge on any atom is -0.478 e. The van der Waals surface area contributed by atoms with E-state index >= 15 is 0 Å². The van der Waals surface area contributed by atoms with Crippen molar-refractivity contribution in [3.63, 3.8) is 0 Å². The molecule has 3 heteroatoms. The molecule has 0 spiro atoms. The van der Waals surface area contributed by atoms with E-state index in [0.29, 0.717) is 19.3 Å². The number of carbonyl (C=O) groups is 2. The molecule has 0 heterocycles. The summed E-state index contributed by atoms with van der Waals surface area (Å²) in [6.07, 6.45) is 1.78. The van der Waals surface area contributed by atoms with Gasteiger partial charge in [0.1, 0.15) is 5.78 Å². The highest BCUT2D eigenvalue weighted by Crippen LogP contribution is 2.07.